The summed E-state index contributed by atoms with van der Waals surface area (Å²) < 4.78 is 0. The fourth-order valence-corrected chi connectivity index (χ4v) is 3.76. The van der Waals surface area contributed by atoms with E-state index in [0.29, 0.717) is 5.02 Å². The van der Waals surface area contributed by atoms with Crippen LogP contribution in [-0.2, 0) is 0 Å². The predicted octanol–water partition coefficient (Wildman–Crippen LogP) is 4.36. The van der Waals surface area contributed by atoms with Gasteiger partial charge in [0.1, 0.15) is 10.8 Å². The molecule has 1 atom stereocenters. The van der Waals surface area contributed by atoms with Gasteiger partial charge in [0.2, 0.25) is 0 Å². The molecule has 1 amide bonds. The van der Waals surface area contributed by atoms with Crippen LogP contribution in [0.5, 0.6) is 0 Å². The van der Waals surface area contributed by atoms with Crippen LogP contribution in [0.4, 0.5) is 0 Å². The zero-order valence-corrected chi connectivity index (χ0v) is 13.3. The molecule has 2 aromatic rings. The number of nitrogens with zero attached hydrogens (tertiary/aromatic N) is 1. The first-order chi connectivity index (χ1) is 10.1. The molecule has 0 bridgehead atoms. The van der Waals surface area contributed by atoms with Gasteiger partial charge >= 0.3 is 0 Å². The Morgan fingerprint density at radius 1 is 1.24 bits per heavy atom. The van der Waals surface area contributed by atoms with Gasteiger partial charge in [0.25, 0.3) is 5.91 Å². The second kappa shape index (κ2) is 6.26. The van der Waals surface area contributed by atoms with Gasteiger partial charge in [0.05, 0.1) is 11.1 Å². The van der Waals surface area contributed by atoms with Crippen molar-refractivity contribution in [3.8, 4) is 0 Å². The van der Waals surface area contributed by atoms with Crippen LogP contribution in [0.15, 0.2) is 41.3 Å². The highest BCUT2D eigenvalue weighted by molar-refractivity contribution is 7.99. The van der Waals surface area contributed by atoms with Crippen LogP contribution in [-0.4, -0.2) is 16.6 Å². The first-order valence-electron chi connectivity index (χ1n) is 6.50. The predicted molar refractivity (Wildman–Crippen MR) is 86.2 cm³/mol. The molecule has 0 saturated heterocycles. The molecule has 1 aromatic carbocycles. The third kappa shape index (κ3) is 3.18. The van der Waals surface area contributed by atoms with Gasteiger partial charge in [-0.05, 0) is 30.2 Å². The number of pyridine rings is 1. The molecule has 108 valence electrons. The van der Waals surface area contributed by atoms with Crippen molar-refractivity contribution in [2.75, 3.05) is 5.75 Å². The maximum absolute atomic E-state index is 12.4. The summed E-state index contributed by atoms with van der Waals surface area (Å²) in [6, 6.07) is 11.2. The van der Waals surface area contributed by atoms with E-state index in [1.54, 1.807) is 23.9 Å². The molecule has 3 rings (SSSR count). The highest BCUT2D eigenvalue weighted by atomic mass is 35.5. The van der Waals surface area contributed by atoms with Crippen LogP contribution < -0.4 is 5.32 Å². The summed E-state index contributed by atoms with van der Waals surface area (Å²) in [6.07, 6.45) is 0.881. The van der Waals surface area contributed by atoms with Gasteiger partial charge in [-0.2, -0.15) is 0 Å². The molecule has 1 N–H and O–H groups in total. The number of thioether (sulfide) groups is 1. The molecule has 1 unspecified atom stereocenters. The maximum atomic E-state index is 12.4. The summed E-state index contributed by atoms with van der Waals surface area (Å²) in [5.74, 6) is 0.674. The molecule has 1 aliphatic rings. The van der Waals surface area contributed by atoms with Crippen molar-refractivity contribution in [3.63, 3.8) is 0 Å². The fourth-order valence-electron chi connectivity index (χ4n) is 2.30. The number of nitrogens with one attached hydrogen (secondary N) is 1. The molecule has 1 aliphatic heterocycles. The van der Waals surface area contributed by atoms with Gasteiger partial charge in [-0.3, -0.25) is 4.79 Å². The second-order valence-corrected chi connectivity index (χ2v) is 6.60. The lowest BCUT2D eigenvalue weighted by molar-refractivity contribution is 0.0930. The molecule has 0 fully saturated rings. The van der Waals surface area contributed by atoms with Gasteiger partial charge in [0, 0.05) is 10.6 Å². The zero-order chi connectivity index (χ0) is 14.8. The lowest BCUT2D eigenvalue weighted by Gasteiger charge is -2.25. The summed E-state index contributed by atoms with van der Waals surface area (Å²) in [4.78, 5) is 17.6. The number of aromatic nitrogens is 1. The molecule has 1 aromatic heterocycles. The molecule has 3 nitrogen and oxygen atoms in total. The van der Waals surface area contributed by atoms with E-state index in [-0.39, 0.29) is 22.8 Å². The number of amides is 1. The molecule has 21 heavy (non-hydrogen) atoms. The standard InChI is InChI=1S/C15H12Cl2N2OS/c16-10-5-6-13(17)19-14(10)15(20)18-11-7-8-21-12-4-2-1-3-9(11)12/h1-6,11H,7-8H2,(H,18,20). The van der Waals surface area contributed by atoms with Crippen molar-refractivity contribution in [2.45, 2.75) is 17.4 Å². The second-order valence-electron chi connectivity index (χ2n) is 4.67. The minimum Gasteiger partial charge on any atom is -0.344 e. The lowest BCUT2D eigenvalue weighted by atomic mass is 10.0. The Morgan fingerprint density at radius 3 is 2.90 bits per heavy atom. The van der Waals surface area contributed by atoms with Crippen molar-refractivity contribution in [1.29, 1.82) is 0 Å². The Labute approximate surface area is 137 Å². The topological polar surface area (TPSA) is 42.0 Å². The number of carbonyl (C=O) groups is 1. The van der Waals surface area contributed by atoms with Crippen molar-refractivity contribution in [2.24, 2.45) is 0 Å². The van der Waals surface area contributed by atoms with Crippen molar-refractivity contribution in [1.82, 2.24) is 10.3 Å². The Morgan fingerprint density at radius 2 is 2.05 bits per heavy atom. The number of benzene rings is 1. The quantitative estimate of drug-likeness (QED) is 0.827. The van der Waals surface area contributed by atoms with Crippen LogP contribution in [0.3, 0.4) is 0 Å². The monoisotopic (exact) mass is 338 g/mol. The van der Waals surface area contributed by atoms with E-state index in [1.807, 2.05) is 18.2 Å². The highest BCUT2D eigenvalue weighted by Gasteiger charge is 2.23. The van der Waals surface area contributed by atoms with E-state index in [1.165, 1.54) is 4.90 Å². The SMILES string of the molecule is O=C(NC1CCSc2ccccc21)c1nc(Cl)ccc1Cl. The molecular weight excluding hydrogens is 327 g/mol. The van der Waals surface area contributed by atoms with E-state index in [2.05, 4.69) is 16.4 Å². The molecule has 0 saturated carbocycles. The molecule has 0 radical (unpaired) electrons. The van der Waals surface area contributed by atoms with E-state index < -0.39 is 0 Å². The Balaban J connectivity index is 1.84. The summed E-state index contributed by atoms with van der Waals surface area (Å²) in [5, 5.41) is 3.56. The summed E-state index contributed by atoms with van der Waals surface area (Å²) in [5.41, 5.74) is 1.31. The first kappa shape index (κ1) is 14.7. The number of halogens is 2. The van der Waals surface area contributed by atoms with Crippen molar-refractivity contribution < 1.29 is 4.79 Å². The van der Waals surface area contributed by atoms with Crippen LogP contribution >= 0.6 is 35.0 Å². The summed E-state index contributed by atoms with van der Waals surface area (Å²) >= 11 is 13.7. The van der Waals surface area contributed by atoms with Gasteiger partial charge < -0.3 is 5.32 Å². The fraction of sp³-hybridized carbons (Fsp3) is 0.200. The van der Waals surface area contributed by atoms with Gasteiger partial charge in [-0.25, -0.2) is 4.98 Å². The van der Waals surface area contributed by atoms with Crippen LogP contribution in [0.2, 0.25) is 10.2 Å². The Kier molecular flexibility index (Phi) is 4.38. The van der Waals surface area contributed by atoms with E-state index >= 15 is 0 Å². The van der Waals surface area contributed by atoms with E-state index in [0.717, 1.165) is 17.7 Å². The van der Waals surface area contributed by atoms with Crippen LogP contribution in [0, 0.1) is 0 Å². The number of fused-ring (bicyclic) bond motifs is 1. The largest absolute Gasteiger partial charge is 0.344 e. The third-order valence-electron chi connectivity index (χ3n) is 3.29. The van der Waals surface area contributed by atoms with Gasteiger partial charge in [0.15, 0.2) is 0 Å². The summed E-state index contributed by atoms with van der Waals surface area (Å²) in [7, 11) is 0. The minimum atomic E-state index is -0.297. The minimum absolute atomic E-state index is 0.0215. The van der Waals surface area contributed by atoms with Crippen LogP contribution in [0.25, 0.3) is 0 Å². The van der Waals surface area contributed by atoms with E-state index in [4.69, 9.17) is 23.2 Å². The number of rotatable bonds is 2. The van der Waals surface area contributed by atoms with Crippen molar-refractivity contribution in [3.05, 3.63) is 57.8 Å². The molecular formula is C15H12Cl2N2OS. The van der Waals surface area contributed by atoms with Crippen LogP contribution in [0.1, 0.15) is 28.5 Å². The summed E-state index contributed by atoms with van der Waals surface area (Å²) in [6.45, 7) is 0. The van der Waals surface area contributed by atoms with Gasteiger partial charge in [-0.15, -0.1) is 11.8 Å². The van der Waals surface area contributed by atoms with E-state index in [9.17, 15) is 4.79 Å². The third-order valence-corrected chi connectivity index (χ3v) is 4.93. The molecule has 2 heterocycles. The average Bonchev–Trinajstić information content (AvgIpc) is 2.50. The van der Waals surface area contributed by atoms with Gasteiger partial charge in [-0.1, -0.05) is 41.4 Å². The number of carbonyl (C=O) groups excluding carboxylic acids is 1. The Hall–Kier alpha value is -1.23. The number of hydrogen-bond acceptors (Lipinski definition) is 3. The molecule has 6 heteroatoms. The first-order valence-corrected chi connectivity index (χ1v) is 8.24. The maximum Gasteiger partial charge on any atom is 0.271 e. The van der Waals surface area contributed by atoms with Crippen molar-refractivity contribution >= 4 is 40.9 Å². The Bertz CT molecular complexity index is 693. The average molecular weight is 339 g/mol. The normalized spacial score (nSPS) is 17.1. The highest BCUT2D eigenvalue weighted by Crippen LogP contribution is 2.36. The number of hydrogen-bond donors (Lipinski definition) is 1. The molecule has 0 aliphatic carbocycles. The smallest absolute Gasteiger partial charge is 0.271 e. The lowest BCUT2D eigenvalue weighted by Crippen LogP contribution is -2.31. The molecule has 0 spiro atoms. The zero-order valence-electron chi connectivity index (χ0n) is 11.0.